The number of aromatic nitrogens is 1. The molecule has 0 fully saturated rings. The maximum absolute atomic E-state index is 13.3. The summed E-state index contributed by atoms with van der Waals surface area (Å²) in [5.41, 5.74) is 4.67. The summed E-state index contributed by atoms with van der Waals surface area (Å²) in [6.07, 6.45) is 0. The number of pyridine rings is 1. The molecule has 0 aliphatic heterocycles. The van der Waals surface area contributed by atoms with Gasteiger partial charge in [0.1, 0.15) is 5.69 Å². The van der Waals surface area contributed by atoms with Crippen molar-refractivity contribution >= 4 is 21.6 Å². The van der Waals surface area contributed by atoms with Gasteiger partial charge in [0, 0.05) is 5.56 Å². The standard InChI is InChI=1S/C12H9F2N3O3S/c13-10-6-5-9(11(14)16-10)17-21(19,20)8-3-1-7(2-4-8)12(15)18/h1-6,17H,(H2,15,18). The number of halogens is 2. The number of hydrogen-bond donors (Lipinski definition) is 2. The van der Waals surface area contributed by atoms with Crippen LogP contribution in [0.25, 0.3) is 0 Å². The lowest BCUT2D eigenvalue weighted by Gasteiger charge is -2.08. The van der Waals surface area contributed by atoms with E-state index in [4.69, 9.17) is 5.73 Å². The predicted octanol–water partition coefficient (Wildman–Crippen LogP) is 1.26. The molecule has 6 nitrogen and oxygen atoms in total. The van der Waals surface area contributed by atoms with Gasteiger partial charge < -0.3 is 5.73 Å². The Morgan fingerprint density at radius 2 is 1.71 bits per heavy atom. The number of amides is 1. The number of nitrogens with one attached hydrogen (secondary N) is 1. The van der Waals surface area contributed by atoms with Crippen molar-refractivity contribution in [3.8, 4) is 0 Å². The molecular formula is C12H9F2N3O3S. The number of rotatable bonds is 4. The molecule has 0 bridgehead atoms. The average Bonchev–Trinajstić information content (AvgIpc) is 2.42. The molecule has 0 radical (unpaired) electrons. The minimum absolute atomic E-state index is 0.128. The van der Waals surface area contributed by atoms with Crippen LogP contribution >= 0.6 is 0 Å². The fraction of sp³-hybridized carbons (Fsp3) is 0. The normalized spacial score (nSPS) is 11.1. The number of benzene rings is 1. The molecule has 0 spiro atoms. The summed E-state index contributed by atoms with van der Waals surface area (Å²) in [5, 5.41) is 0. The highest BCUT2D eigenvalue weighted by atomic mass is 32.2. The summed E-state index contributed by atoms with van der Waals surface area (Å²) in [5.74, 6) is -3.06. The van der Waals surface area contributed by atoms with Gasteiger partial charge in [-0.05, 0) is 36.4 Å². The highest BCUT2D eigenvalue weighted by Gasteiger charge is 2.17. The lowest BCUT2D eigenvalue weighted by atomic mass is 10.2. The van der Waals surface area contributed by atoms with E-state index in [0.29, 0.717) is 0 Å². The minimum Gasteiger partial charge on any atom is -0.366 e. The third-order valence-corrected chi connectivity index (χ3v) is 3.89. The molecule has 0 atom stereocenters. The number of sulfonamides is 1. The van der Waals surface area contributed by atoms with E-state index < -0.39 is 33.5 Å². The summed E-state index contributed by atoms with van der Waals surface area (Å²) >= 11 is 0. The van der Waals surface area contributed by atoms with Gasteiger partial charge in [-0.25, -0.2) is 8.42 Å². The Kier molecular flexibility index (Phi) is 3.85. The molecule has 21 heavy (non-hydrogen) atoms. The van der Waals surface area contributed by atoms with Gasteiger partial charge in [0.25, 0.3) is 10.0 Å². The molecule has 0 unspecified atom stereocenters. The minimum atomic E-state index is -4.10. The van der Waals surface area contributed by atoms with Gasteiger partial charge in [-0.3, -0.25) is 9.52 Å². The third kappa shape index (κ3) is 3.31. The van der Waals surface area contributed by atoms with Crippen molar-refractivity contribution in [3.63, 3.8) is 0 Å². The van der Waals surface area contributed by atoms with Crippen LogP contribution in [0.3, 0.4) is 0 Å². The smallest absolute Gasteiger partial charge is 0.262 e. The lowest BCUT2D eigenvalue weighted by molar-refractivity contribution is 0.1000. The number of nitrogens with zero attached hydrogens (tertiary/aromatic N) is 1. The van der Waals surface area contributed by atoms with Crippen molar-refractivity contribution in [1.29, 1.82) is 0 Å². The predicted molar refractivity (Wildman–Crippen MR) is 69.9 cm³/mol. The van der Waals surface area contributed by atoms with E-state index in [-0.39, 0.29) is 10.5 Å². The van der Waals surface area contributed by atoms with Crippen LogP contribution in [0, 0.1) is 11.9 Å². The fourth-order valence-electron chi connectivity index (χ4n) is 1.49. The first-order chi connectivity index (χ1) is 9.79. The Hall–Kier alpha value is -2.55. The fourth-order valence-corrected chi connectivity index (χ4v) is 2.54. The number of anilines is 1. The third-order valence-electron chi connectivity index (χ3n) is 2.51. The molecule has 0 aliphatic carbocycles. The average molecular weight is 313 g/mol. The number of primary amides is 1. The van der Waals surface area contributed by atoms with Crippen LogP contribution in [0.2, 0.25) is 0 Å². The van der Waals surface area contributed by atoms with E-state index in [1.807, 2.05) is 4.72 Å². The molecule has 2 aromatic rings. The maximum atomic E-state index is 13.3. The molecule has 1 heterocycles. The summed E-state index contributed by atoms with van der Waals surface area (Å²) in [4.78, 5) is 13.5. The van der Waals surface area contributed by atoms with Gasteiger partial charge in [-0.2, -0.15) is 13.8 Å². The Labute approximate surface area is 118 Å². The van der Waals surface area contributed by atoms with Crippen molar-refractivity contribution in [3.05, 3.63) is 53.9 Å². The zero-order chi connectivity index (χ0) is 15.6. The molecule has 3 N–H and O–H groups in total. The van der Waals surface area contributed by atoms with Crippen molar-refractivity contribution in [2.24, 2.45) is 5.73 Å². The molecule has 0 saturated heterocycles. The highest BCUT2D eigenvalue weighted by Crippen LogP contribution is 2.18. The van der Waals surface area contributed by atoms with Gasteiger partial charge in [0.05, 0.1) is 4.90 Å². The summed E-state index contributed by atoms with van der Waals surface area (Å²) in [7, 11) is -4.10. The summed E-state index contributed by atoms with van der Waals surface area (Å²) in [6, 6.07) is 6.44. The number of carbonyl (C=O) groups is 1. The van der Waals surface area contributed by atoms with Gasteiger partial charge in [0.2, 0.25) is 17.8 Å². The molecule has 1 aromatic carbocycles. The molecule has 110 valence electrons. The van der Waals surface area contributed by atoms with Crippen molar-refractivity contribution in [2.75, 3.05) is 4.72 Å². The molecule has 2 rings (SSSR count). The Morgan fingerprint density at radius 3 is 2.24 bits per heavy atom. The molecular weight excluding hydrogens is 304 g/mol. The van der Waals surface area contributed by atoms with Crippen molar-refractivity contribution < 1.29 is 22.0 Å². The first kappa shape index (κ1) is 14.9. The van der Waals surface area contributed by atoms with Gasteiger partial charge in [-0.1, -0.05) is 0 Å². The van der Waals surface area contributed by atoms with Crippen LogP contribution in [-0.4, -0.2) is 19.3 Å². The maximum Gasteiger partial charge on any atom is 0.262 e. The van der Waals surface area contributed by atoms with Crippen LogP contribution < -0.4 is 10.5 Å². The van der Waals surface area contributed by atoms with Crippen molar-refractivity contribution in [1.82, 2.24) is 4.98 Å². The van der Waals surface area contributed by atoms with Crippen molar-refractivity contribution in [2.45, 2.75) is 4.90 Å². The van der Waals surface area contributed by atoms with E-state index in [0.717, 1.165) is 24.3 Å². The zero-order valence-electron chi connectivity index (χ0n) is 10.4. The quantitative estimate of drug-likeness (QED) is 0.829. The number of hydrogen-bond acceptors (Lipinski definition) is 4. The van der Waals surface area contributed by atoms with Gasteiger partial charge in [0.15, 0.2) is 0 Å². The second-order valence-electron chi connectivity index (χ2n) is 3.97. The Balaban J connectivity index is 2.31. The van der Waals surface area contributed by atoms with Gasteiger partial charge >= 0.3 is 0 Å². The summed E-state index contributed by atoms with van der Waals surface area (Å²) in [6.45, 7) is 0. The Bertz CT molecular complexity index is 792. The van der Waals surface area contributed by atoms with Crippen LogP contribution in [-0.2, 0) is 10.0 Å². The van der Waals surface area contributed by atoms with Crippen LogP contribution in [0.5, 0.6) is 0 Å². The first-order valence-electron chi connectivity index (χ1n) is 5.54. The first-order valence-corrected chi connectivity index (χ1v) is 7.02. The Morgan fingerprint density at radius 1 is 1.10 bits per heavy atom. The van der Waals surface area contributed by atoms with Gasteiger partial charge in [-0.15, -0.1) is 0 Å². The topological polar surface area (TPSA) is 102 Å². The monoisotopic (exact) mass is 313 g/mol. The second kappa shape index (κ2) is 5.44. The number of nitrogens with two attached hydrogens (primary N) is 1. The zero-order valence-corrected chi connectivity index (χ0v) is 11.2. The molecule has 0 saturated carbocycles. The van der Waals surface area contributed by atoms with E-state index in [2.05, 4.69) is 4.98 Å². The SMILES string of the molecule is NC(=O)c1ccc(S(=O)(=O)Nc2ccc(F)nc2F)cc1. The molecule has 1 amide bonds. The second-order valence-corrected chi connectivity index (χ2v) is 5.65. The highest BCUT2D eigenvalue weighted by molar-refractivity contribution is 7.92. The van der Waals surface area contributed by atoms with E-state index in [1.165, 1.54) is 12.1 Å². The number of carbonyl (C=O) groups excluding carboxylic acids is 1. The van der Waals surface area contributed by atoms with E-state index in [1.54, 1.807) is 0 Å². The van der Waals surface area contributed by atoms with Crippen LogP contribution in [0.4, 0.5) is 14.5 Å². The molecule has 1 aromatic heterocycles. The van der Waals surface area contributed by atoms with Crippen LogP contribution in [0.15, 0.2) is 41.3 Å². The molecule has 9 heteroatoms. The lowest BCUT2D eigenvalue weighted by Crippen LogP contribution is -2.15. The summed E-state index contributed by atoms with van der Waals surface area (Å²) < 4.78 is 51.9. The van der Waals surface area contributed by atoms with E-state index >= 15 is 0 Å². The largest absolute Gasteiger partial charge is 0.366 e. The molecule has 0 aliphatic rings. The van der Waals surface area contributed by atoms with E-state index in [9.17, 15) is 22.0 Å². The van der Waals surface area contributed by atoms with Crippen LogP contribution in [0.1, 0.15) is 10.4 Å².